The lowest BCUT2D eigenvalue weighted by Crippen LogP contribution is -2.14. The molecule has 1 atom stereocenters. The highest BCUT2D eigenvalue weighted by Crippen LogP contribution is 2.47. The lowest BCUT2D eigenvalue weighted by molar-refractivity contribution is -0.116. The van der Waals surface area contributed by atoms with Crippen LogP contribution in [0.25, 0.3) is 39.2 Å². The number of nitrogens with zero attached hydrogens (tertiary/aromatic N) is 2. The third-order valence-corrected chi connectivity index (χ3v) is 7.50. The van der Waals surface area contributed by atoms with Gasteiger partial charge in [0.15, 0.2) is 0 Å². The minimum atomic E-state index is -0.523. The maximum atomic E-state index is 13.6. The van der Waals surface area contributed by atoms with Gasteiger partial charge in [0, 0.05) is 26.9 Å². The van der Waals surface area contributed by atoms with Gasteiger partial charge in [-0.3, -0.25) is 4.79 Å². The molecule has 0 saturated carbocycles. The van der Waals surface area contributed by atoms with E-state index in [-0.39, 0.29) is 5.91 Å². The lowest BCUT2D eigenvalue weighted by atomic mass is 9.88. The summed E-state index contributed by atoms with van der Waals surface area (Å²) in [7, 11) is 0. The summed E-state index contributed by atoms with van der Waals surface area (Å²) in [6.45, 7) is 0. The topological polar surface area (TPSA) is 62.7 Å². The second kappa shape index (κ2) is 8.91. The maximum Gasteiger partial charge on any atom is 0.236 e. The summed E-state index contributed by atoms with van der Waals surface area (Å²) in [4.78, 5) is 17.2. The number of halogens is 2. The zero-order valence-electron chi connectivity index (χ0n) is 20.0. The van der Waals surface area contributed by atoms with Gasteiger partial charge in [-0.15, -0.1) is 0 Å². The first-order valence-electron chi connectivity index (χ1n) is 12.2. The summed E-state index contributed by atoms with van der Waals surface area (Å²) in [6, 6.07) is 33.1. The quantitative estimate of drug-likeness (QED) is 0.240. The SMILES string of the molecule is O=C1Nc2ccccc2C1c1c(-c2ccc(Cl)cc2)[nH]c2c1c(-c1ccc(Cl)cc1)nn2-c1ccccc1. The second-order valence-electron chi connectivity index (χ2n) is 9.26. The van der Waals surface area contributed by atoms with Gasteiger partial charge in [0.1, 0.15) is 11.3 Å². The zero-order chi connectivity index (χ0) is 25.8. The predicted octanol–water partition coefficient (Wildman–Crippen LogP) is 8.08. The number of amides is 1. The van der Waals surface area contributed by atoms with Gasteiger partial charge in [0.2, 0.25) is 5.91 Å². The van der Waals surface area contributed by atoms with E-state index in [1.807, 2.05) is 108 Å². The van der Waals surface area contributed by atoms with Gasteiger partial charge in [-0.05, 0) is 53.6 Å². The average molecular weight is 535 g/mol. The van der Waals surface area contributed by atoms with Crippen LogP contribution in [0.5, 0.6) is 0 Å². The first kappa shape index (κ1) is 22.8. The van der Waals surface area contributed by atoms with E-state index in [2.05, 4.69) is 10.3 Å². The molecule has 0 saturated heterocycles. The highest BCUT2D eigenvalue weighted by molar-refractivity contribution is 6.31. The molecule has 2 N–H and O–H groups in total. The summed E-state index contributed by atoms with van der Waals surface area (Å²) < 4.78 is 1.90. The summed E-state index contributed by atoms with van der Waals surface area (Å²) in [5.41, 5.74) is 7.79. The van der Waals surface area contributed by atoms with Crippen LogP contribution in [0.1, 0.15) is 17.0 Å². The van der Waals surface area contributed by atoms with Crippen molar-refractivity contribution in [2.24, 2.45) is 0 Å². The Morgan fingerprint density at radius 2 is 1.37 bits per heavy atom. The van der Waals surface area contributed by atoms with Crippen LogP contribution in [0.2, 0.25) is 10.0 Å². The van der Waals surface area contributed by atoms with Crippen molar-refractivity contribution in [1.82, 2.24) is 14.8 Å². The molecule has 3 heterocycles. The van der Waals surface area contributed by atoms with Crippen LogP contribution < -0.4 is 5.32 Å². The van der Waals surface area contributed by atoms with Gasteiger partial charge in [0.25, 0.3) is 0 Å². The molecule has 38 heavy (non-hydrogen) atoms. The van der Waals surface area contributed by atoms with Gasteiger partial charge in [-0.25, -0.2) is 4.68 Å². The van der Waals surface area contributed by atoms with Crippen LogP contribution in [0.4, 0.5) is 5.69 Å². The summed E-state index contributed by atoms with van der Waals surface area (Å²) in [5.74, 6) is -0.595. The molecule has 4 aromatic carbocycles. The van der Waals surface area contributed by atoms with Crippen molar-refractivity contribution in [2.75, 3.05) is 5.32 Å². The summed E-state index contributed by atoms with van der Waals surface area (Å²) >= 11 is 12.5. The number of benzene rings is 4. The Balaban J connectivity index is 1.60. The molecule has 1 aliphatic rings. The van der Waals surface area contributed by atoms with E-state index < -0.39 is 5.92 Å². The fourth-order valence-electron chi connectivity index (χ4n) is 5.29. The van der Waals surface area contributed by atoms with E-state index in [1.165, 1.54) is 0 Å². The van der Waals surface area contributed by atoms with Crippen molar-refractivity contribution in [3.05, 3.63) is 124 Å². The number of para-hydroxylation sites is 2. The number of hydrogen-bond acceptors (Lipinski definition) is 2. The Morgan fingerprint density at radius 1 is 0.737 bits per heavy atom. The smallest absolute Gasteiger partial charge is 0.236 e. The van der Waals surface area contributed by atoms with Crippen LogP contribution in [0.3, 0.4) is 0 Å². The number of fused-ring (bicyclic) bond motifs is 2. The fourth-order valence-corrected chi connectivity index (χ4v) is 5.55. The molecule has 6 aromatic rings. The molecule has 1 aliphatic heterocycles. The van der Waals surface area contributed by atoms with Crippen molar-refractivity contribution < 1.29 is 4.79 Å². The molecule has 1 amide bonds. The largest absolute Gasteiger partial charge is 0.339 e. The van der Waals surface area contributed by atoms with E-state index in [9.17, 15) is 4.79 Å². The normalized spacial score (nSPS) is 14.6. The number of carbonyl (C=O) groups is 1. The molecule has 184 valence electrons. The number of hydrogen-bond donors (Lipinski definition) is 2. The molecule has 1 unspecified atom stereocenters. The number of aromatic amines is 1. The molecule has 2 aromatic heterocycles. The molecule has 7 heteroatoms. The van der Waals surface area contributed by atoms with Crippen LogP contribution in [-0.4, -0.2) is 20.7 Å². The molecule has 7 rings (SSSR count). The molecule has 0 fully saturated rings. The molecule has 0 spiro atoms. The fraction of sp³-hybridized carbons (Fsp3) is 0.0323. The number of anilines is 1. The van der Waals surface area contributed by atoms with E-state index in [0.29, 0.717) is 10.0 Å². The number of carbonyl (C=O) groups excluding carboxylic acids is 1. The molecular weight excluding hydrogens is 515 g/mol. The van der Waals surface area contributed by atoms with Crippen LogP contribution in [0.15, 0.2) is 103 Å². The first-order valence-corrected chi connectivity index (χ1v) is 13.0. The monoisotopic (exact) mass is 534 g/mol. The highest BCUT2D eigenvalue weighted by Gasteiger charge is 2.38. The summed E-state index contributed by atoms with van der Waals surface area (Å²) in [5, 5.41) is 10.3. The van der Waals surface area contributed by atoms with Crippen LogP contribution in [0, 0.1) is 0 Å². The lowest BCUT2D eigenvalue weighted by Gasteiger charge is -2.13. The van der Waals surface area contributed by atoms with Gasteiger partial charge in [-0.2, -0.15) is 5.10 Å². The third kappa shape index (κ3) is 3.63. The summed E-state index contributed by atoms with van der Waals surface area (Å²) in [6.07, 6.45) is 0. The molecule has 0 radical (unpaired) electrons. The van der Waals surface area contributed by atoms with E-state index >= 15 is 0 Å². The zero-order valence-corrected chi connectivity index (χ0v) is 21.5. The van der Waals surface area contributed by atoms with Crippen LogP contribution in [-0.2, 0) is 4.79 Å². The van der Waals surface area contributed by atoms with Crippen molar-refractivity contribution >= 4 is 45.8 Å². The van der Waals surface area contributed by atoms with Crippen molar-refractivity contribution in [2.45, 2.75) is 5.92 Å². The maximum absolute atomic E-state index is 13.6. The van der Waals surface area contributed by atoms with E-state index in [4.69, 9.17) is 28.3 Å². The standard InChI is InChI=1S/C31H20Cl2N4O/c32-20-14-10-18(11-15-20)28-26(25-23-8-4-5-9-24(23)34-31(25)38)27-29(19-12-16-21(33)17-13-19)36-37(30(27)35-28)22-6-2-1-3-7-22/h1-17,25,35H,(H,34,38). The minimum Gasteiger partial charge on any atom is -0.339 e. The average Bonchev–Trinajstić information content (AvgIpc) is 3.60. The van der Waals surface area contributed by atoms with Crippen molar-refractivity contribution in [3.8, 4) is 28.2 Å². The Labute approximate surface area is 228 Å². The number of rotatable bonds is 4. The second-order valence-corrected chi connectivity index (χ2v) is 10.1. The number of aromatic nitrogens is 3. The Morgan fingerprint density at radius 3 is 2.08 bits per heavy atom. The Hall–Kier alpha value is -4.32. The van der Waals surface area contributed by atoms with Gasteiger partial charge >= 0.3 is 0 Å². The molecular formula is C31H20Cl2N4O. The van der Waals surface area contributed by atoms with E-state index in [0.717, 1.165) is 56.0 Å². The number of nitrogens with one attached hydrogen (secondary N) is 2. The first-order chi connectivity index (χ1) is 18.6. The van der Waals surface area contributed by atoms with Gasteiger partial charge in [-0.1, -0.05) is 83.9 Å². The van der Waals surface area contributed by atoms with Crippen molar-refractivity contribution in [3.63, 3.8) is 0 Å². The van der Waals surface area contributed by atoms with E-state index in [1.54, 1.807) is 0 Å². The van der Waals surface area contributed by atoms with Gasteiger partial charge in [0.05, 0.1) is 22.7 Å². The highest BCUT2D eigenvalue weighted by atomic mass is 35.5. The van der Waals surface area contributed by atoms with Crippen molar-refractivity contribution in [1.29, 1.82) is 0 Å². The van der Waals surface area contributed by atoms with Crippen LogP contribution >= 0.6 is 23.2 Å². The number of H-pyrrole nitrogens is 1. The minimum absolute atomic E-state index is 0.0724. The Bertz CT molecular complexity index is 1820. The molecule has 0 bridgehead atoms. The Kier molecular flexibility index (Phi) is 5.36. The molecule has 0 aliphatic carbocycles. The third-order valence-electron chi connectivity index (χ3n) is 7.00. The predicted molar refractivity (Wildman–Crippen MR) is 153 cm³/mol. The molecule has 5 nitrogen and oxygen atoms in total. The van der Waals surface area contributed by atoms with Gasteiger partial charge < -0.3 is 10.3 Å².